The number of carbonyl (C=O) groups excluding carboxylic acids is 3. The van der Waals surface area contributed by atoms with Gasteiger partial charge in [0.25, 0.3) is 17.7 Å². The zero-order valence-electron chi connectivity index (χ0n) is 9.70. The number of alkyl halides is 1. The summed E-state index contributed by atoms with van der Waals surface area (Å²) < 4.78 is 0. The Morgan fingerprint density at radius 2 is 1.94 bits per heavy atom. The van der Waals surface area contributed by atoms with Crippen molar-refractivity contribution < 1.29 is 14.4 Å². The first kappa shape index (κ1) is 12.6. The molecule has 6 heteroatoms. The smallest absolute Gasteiger partial charge is 0.261 e. The number of hydrogen-bond acceptors (Lipinski definition) is 3. The molecule has 1 aliphatic rings. The van der Waals surface area contributed by atoms with Gasteiger partial charge in [0.05, 0.1) is 11.1 Å². The number of halogens is 1. The van der Waals surface area contributed by atoms with Gasteiger partial charge in [0.2, 0.25) is 0 Å². The zero-order valence-corrected chi connectivity index (χ0v) is 10.5. The second kappa shape index (κ2) is 4.78. The van der Waals surface area contributed by atoms with Crippen molar-refractivity contribution in [1.29, 1.82) is 0 Å². The molecule has 1 heterocycles. The molecule has 0 atom stereocenters. The Bertz CT molecular complexity index is 542. The summed E-state index contributed by atoms with van der Waals surface area (Å²) in [7, 11) is 1.41. The van der Waals surface area contributed by atoms with Crippen LogP contribution in [0, 0.1) is 0 Å². The van der Waals surface area contributed by atoms with Gasteiger partial charge in [-0.3, -0.25) is 19.3 Å². The van der Waals surface area contributed by atoms with Crippen molar-refractivity contribution in [1.82, 2.24) is 10.2 Å². The van der Waals surface area contributed by atoms with E-state index in [1.807, 2.05) is 0 Å². The van der Waals surface area contributed by atoms with Gasteiger partial charge >= 0.3 is 0 Å². The fourth-order valence-corrected chi connectivity index (χ4v) is 1.86. The molecule has 0 saturated heterocycles. The lowest BCUT2D eigenvalue weighted by molar-refractivity contribution is 0.0693. The lowest BCUT2D eigenvalue weighted by Crippen LogP contribution is -2.25. The minimum atomic E-state index is -0.387. The van der Waals surface area contributed by atoms with E-state index in [2.05, 4.69) is 5.32 Å². The Labute approximate surface area is 109 Å². The van der Waals surface area contributed by atoms with Crippen molar-refractivity contribution >= 4 is 29.3 Å². The molecule has 0 bridgehead atoms. The van der Waals surface area contributed by atoms with Crippen molar-refractivity contribution in [2.45, 2.75) is 0 Å². The van der Waals surface area contributed by atoms with Crippen molar-refractivity contribution in [2.24, 2.45) is 0 Å². The zero-order chi connectivity index (χ0) is 13.3. The highest BCUT2D eigenvalue weighted by molar-refractivity contribution is 6.21. The molecule has 1 aromatic carbocycles. The Morgan fingerprint density at radius 3 is 2.61 bits per heavy atom. The van der Waals surface area contributed by atoms with Crippen LogP contribution in [0.1, 0.15) is 31.1 Å². The van der Waals surface area contributed by atoms with Gasteiger partial charge in [0, 0.05) is 25.0 Å². The molecule has 0 saturated carbocycles. The first-order valence-corrected chi connectivity index (χ1v) is 5.90. The van der Waals surface area contributed by atoms with Crippen molar-refractivity contribution in [3.05, 3.63) is 34.9 Å². The first-order chi connectivity index (χ1) is 8.56. The van der Waals surface area contributed by atoms with Gasteiger partial charge in [-0.05, 0) is 18.2 Å². The van der Waals surface area contributed by atoms with Gasteiger partial charge in [0.1, 0.15) is 0 Å². The van der Waals surface area contributed by atoms with Crippen LogP contribution in [0.3, 0.4) is 0 Å². The molecule has 0 radical (unpaired) electrons. The number of rotatable bonds is 3. The molecule has 0 fully saturated rings. The van der Waals surface area contributed by atoms with Gasteiger partial charge in [-0.2, -0.15) is 0 Å². The van der Waals surface area contributed by atoms with Gasteiger partial charge in [-0.15, -0.1) is 11.6 Å². The standard InChI is InChI=1S/C12H11ClN2O3/c1-15-11(17)8-3-2-7(6-9(8)12(15)18)10(16)14-5-4-13/h2-3,6H,4-5H2,1H3,(H,14,16). The third kappa shape index (κ3) is 1.97. The average molecular weight is 267 g/mol. The molecule has 1 aromatic rings. The van der Waals surface area contributed by atoms with E-state index in [0.717, 1.165) is 4.90 Å². The van der Waals surface area contributed by atoms with Crippen LogP contribution < -0.4 is 5.32 Å². The topological polar surface area (TPSA) is 66.5 Å². The van der Waals surface area contributed by atoms with Crippen molar-refractivity contribution in [3.8, 4) is 0 Å². The number of nitrogens with zero attached hydrogens (tertiary/aromatic N) is 1. The number of imide groups is 1. The largest absolute Gasteiger partial charge is 0.351 e. The molecule has 0 unspecified atom stereocenters. The molecule has 2 rings (SSSR count). The van der Waals surface area contributed by atoms with E-state index in [4.69, 9.17) is 11.6 Å². The van der Waals surface area contributed by atoms with Crippen LogP contribution in [0.2, 0.25) is 0 Å². The summed E-state index contributed by atoms with van der Waals surface area (Å²) in [6.07, 6.45) is 0. The fourth-order valence-electron chi connectivity index (χ4n) is 1.77. The predicted molar refractivity (Wildman–Crippen MR) is 65.9 cm³/mol. The highest BCUT2D eigenvalue weighted by Gasteiger charge is 2.33. The number of hydrogen-bond donors (Lipinski definition) is 1. The third-order valence-electron chi connectivity index (χ3n) is 2.73. The normalized spacial score (nSPS) is 13.8. The summed E-state index contributed by atoms with van der Waals surface area (Å²) in [6, 6.07) is 4.45. The quantitative estimate of drug-likeness (QED) is 0.652. The molecule has 94 valence electrons. The van der Waals surface area contributed by atoms with Crippen molar-refractivity contribution in [3.63, 3.8) is 0 Å². The lowest BCUT2D eigenvalue weighted by Gasteiger charge is -2.04. The monoisotopic (exact) mass is 266 g/mol. The van der Waals surface area contributed by atoms with Crippen LogP contribution >= 0.6 is 11.6 Å². The van der Waals surface area contributed by atoms with E-state index in [1.165, 1.54) is 25.2 Å². The maximum Gasteiger partial charge on any atom is 0.261 e. The summed E-state index contributed by atoms with van der Waals surface area (Å²) in [5.74, 6) is -0.727. The van der Waals surface area contributed by atoms with Crippen LogP contribution in [0.4, 0.5) is 0 Å². The Hall–Kier alpha value is -1.88. The van der Waals surface area contributed by atoms with E-state index in [9.17, 15) is 14.4 Å². The second-order valence-electron chi connectivity index (χ2n) is 3.87. The molecule has 0 aliphatic carbocycles. The van der Waals surface area contributed by atoms with Crippen LogP contribution in [0.25, 0.3) is 0 Å². The number of fused-ring (bicyclic) bond motifs is 1. The highest BCUT2D eigenvalue weighted by atomic mass is 35.5. The Balaban J connectivity index is 2.32. The maximum atomic E-state index is 11.7. The van der Waals surface area contributed by atoms with E-state index < -0.39 is 0 Å². The number of amides is 3. The lowest BCUT2D eigenvalue weighted by atomic mass is 10.1. The SMILES string of the molecule is CN1C(=O)c2ccc(C(=O)NCCCl)cc2C1=O. The molecule has 5 nitrogen and oxygen atoms in total. The summed E-state index contributed by atoms with van der Waals surface area (Å²) in [5, 5.41) is 2.60. The highest BCUT2D eigenvalue weighted by Crippen LogP contribution is 2.22. The summed E-state index contributed by atoms with van der Waals surface area (Å²) >= 11 is 5.47. The molecular weight excluding hydrogens is 256 g/mol. The molecule has 18 heavy (non-hydrogen) atoms. The summed E-state index contributed by atoms with van der Waals surface area (Å²) in [6.45, 7) is 0.351. The number of carbonyl (C=O) groups is 3. The minimum absolute atomic E-state index is 0.265. The van der Waals surface area contributed by atoms with Gasteiger partial charge in [-0.25, -0.2) is 0 Å². The molecular formula is C12H11ClN2O3. The van der Waals surface area contributed by atoms with E-state index in [0.29, 0.717) is 23.6 Å². The van der Waals surface area contributed by atoms with E-state index >= 15 is 0 Å². The summed E-state index contributed by atoms with van der Waals surface area (Å²) in [4.78, 5) is 36.1. The molecule has 1 aliphatic heterocycles. The van der Waals surface area contributed by atoms with Crippen LogP contribution in [-0.4, -0.2) is 42.1 Å². The summed E-state index contributed by atoms with van der Waals surface area (Å²) in [5.41, 5.74) is 0.938. The fraction of sp³-hybridized carbons (Fsp3) is 0.250. The third-order valence-corrected chi connectivity index (χ3v) is 2.92. The van der Waals surface area contributed by atoms with Gasteiger partial charge in [0.15, 0.2) is 0 Å². The Kier molecular flexibility index (Phi) is 3.34. The minimum Gasteiger partial charge on any atom is -0.351 e. The molecule has 0 aromatic heterocycles. The molecule has 1 N–H and O–H groups in total. The maximum absolute atomic E-state index is 11.7. The van der Waals surface area contributed by atoms with E-state index in [1.54, 1.807) is 0 Å². The van der Waals surface area contributed by atoms with Crippen LogP contribution in [0.5, 0.6) is 0 Å². The second-order valence-corrected chi connectivity index (χ2v) is 4.25. The average Bonchev–Trinajstić information content (AvgIpc) is 2.61. The van der Waals surface area contributed by atoms with E-state index in [-0.39, 0.29) is 23.3 Å². The van der Waals surface area contributed by atoms with Gasteiger partial charge in [-0.1, -0.05) is 0 Å². The molecule has 0 spiro atoms. The first-order valence-electron chi connectivity index (χ1n) is 5.37. The number of benzene rings is 1. The van der Waals surface area contributed by atoms with Crippen LogP contribution in [-0.2, 0) is 0 Å². The van der Waals surface area contributed by atoms with Crippen molar-refractivity contribution in [2.75, 3.05) is 19.5 Å². The molecule has 3 amide bonds. The number of nitrogens with one attached hydrogen (secondary N) is 1. The van der Waals surface area contributed by atoms with Gasteiger partial charge < -0.3 is 5.32 Å². The predicted octanol–water partition coefficient (Wildman–Crippen LogP) is 0.881. The van der Waals surface area contributed by atoms with Crippen LogP contribution in [0.15, 0.2) is 18.2 Å². The Morgan fingerprint density at radius 1 is 1.28 bits per heavy atom.